The van der Waals surface area contributed by atoms with Crippen molar-refractivity contribution < 1.29 is 17.9 Å². The van der Waals surface area contributed by atoms with Gasteiger partial charge in [0.25, 0.3) is 10.0 Å². The maximum atomic E-state index is 12.4. The second-order valence-electron chi connectivity index (χ2n) is 5.31. The summed E-state index contributed by atoms with van der Waals surface area (Å²) >= 11 is 0. The first-order chi connectivity index (χ1) is 9.95. The first kappa shape index (κ1) is 14.0. The van der Waals surface area contributed by atoms with Gasteiger partial charge in [-0.05, 0) is 43.4 Å². The fraction of sp³-hybridized carbons (Fsp3) is 0.462. The predicted octanol–water partition coefficient (Wildman–Crippen LogP) is 0.744. The molecule has 0 atom stereocenters. The lowest BCUT2D eigenvalue weighted by Crippen LogP contribution is -2.40. The molecule has 8 heteroatoms. The Morgan fingerprint density at radius 1 is 1.33 bits per heavy atom. The van der Waals surface area contributed by atoms with Gasteiger partial charge < -0.3 is 15.8 Å². The van der Waals surface area contributed by atoms with Gasteiger partial charge in [-0.15, -0.1) is 0 Å². The highest BCUT2D eigenvalue weighted by Gasteiger charge is 2.29. The van der Waals surface area contributed by atoms with Crippen molar-refractivity contribution >= 4 is 21.7 Å². The lowest BCUT2D eigenvalue weighted by molar-refractivity contribution is 0.245. The van der Waals surface area contributed by atoms with Crippen LogP contribution in [0.3, 0.4) is 0 Å². The van der Waals surface area contributed by atoms with E-state index >= 15 is 0 Å². The van der Waals surface area contributed by atoms with Crippen molar-refractivity contribution in [2.24, 2.45) is 0 Å². The number of aryl methyl sites for hydroxylation is 1. The summed E-state index contributed by atoms with van der Waals surface area (Å²) in [6, 6.07) is 2.38. The van der Waals surface area contributed by atoms with Crippen molar-refractivity contribution in [1.82, 2.24) is 10.0 Å². The summed E-state index contributed by atoms with van der Waals surface area (Å²) in [5.41, 5.74) is 6.84. The highest BCUT2D eigenvalue weighted by molar-refractivity contribution is 7.90. The SMILES string of the molecule is Nc1cc2c(c(S(=O)(=O)NC(=O)NC3CC3)c1)OCCC2. The first-order valence-electron chi connectivity index (χ1n) is 6.84. The number of hydrogen-bond acceptors (Lipinski definition) is 5. The molecule has 2 amide bonds. The number of sulfonamides is 1. The molecule has 0 bridgehead atoms. The monoisotopic (exact) mass is 311 g/mol. The molecule has 21 heavy (non-hydrogen) atoms. The van der Waals surface area contributed by atoms with Gasteiger partial charge in [-0.25, -0.2) is 17.9 Å². The second-order valence-corrected chi connectivity index (χ2v) is 6.96. The van der Waals surface area contributed by atoms with Crippen LogP contribution in [0.4, 0.5) is 10.5 Å². The molecule has 0 spiro atoms. The normalized spacial score (nSPS) is 17.5. The Bertz CT molecular complexity index is 683. The van der Waals surface area contributed by atoms with Gasteiger partial charge in [0.15, 0.2) is 0 Å². The lowest BCUT2D eigenvalue weighted by Gasteiger charge is -2.21. The third-order valence-corrected chi connectivity index (χ3v) is 4.76. The Kier molecular flexibility index (Phi) is 3.40. The molecular formula is C13H17N3O4S. The van der Waals surface area contributed by atoms with Crippen LogP contribution in [0.25, 0.3) is 0 Å². The van der Waals surface area contributed by atoms with Crippen LogP contribution >= 0.6 is 0 Å². The third-order valence-electron chi connectivity index (χ3n) is 3.42. The van der Waals surface area contributed by atoms with E-state index in [1.165, 1.54) is 6.07 Å². The van der Waals surface area contributed by atoms with Crippen LogP contribution in [-0.2, 0) is 16.4 Å². The highest BCUT2D eigenvalue weighted by atomic mass is 32.2. The third kappa shape index (κ3) is 3.05. The molecule has 1 aromatic carbocycles. The average molecular weight is 311 g/mol. The van der Waals surface area contributed by atoms with Crippen molar-refractivity contribution in [3.8, 4) is 5.75 Å². The number of urea groups is 1. The maximum Gasteiger partial charge on any atom is 0.328 e. The van der Waals surface area contributed by atoms with Crippen LogP contribution in [0, 0.1) is 0 Å². The van der Waals surface area contributed by atoms with Crippen LogP contribution in [-0.4, -0.2) is 27.1 Å². The summed E-state index contributed by atoms with van der Waals surface area (Å²) in [6.07, 6.45) is 3.28. The lowest BCUT2D eigenvalue weighted by atomic mass is 10.1. The first-order valence-corrected chi connectivity index (χ1v) is 8.32. The van der Waals surface area contributed by atoms with Gasteiger partial charge >= 0.3 is 6.03 Å². The molecule has 0 aromatic heterocycles. The second kappa shape index (κ2) is 5.10. The number of fused-ring (bicyclic) bond motifs is 1. The zero-order valence-electron chi connectivity index (χ0n) is 11.4. The van der Waals surface area contributed by atoms with Gasteiger partial charge in [-0.2, -0.15) is 0 Å². The number of nitrogens with two attached hydrogens (primary N) is 1. The molecule has 3 rings (SSSR count). The Hall–Kier alpha value is -1.96. The van der Waals surface area contributed by atoms with Gasteiger partial charge in [0.05, 0.1) is 6.61 Å². The summed E-state index contributed by atoms with van der Waals surface area (Å²) in [5, 5.41) is 2.57. The van der Waals surface area contributed by atoms with Crippen LogP contribution in [0.2, 0.25) is 0 Å². The number of rotatable bonds is 3. The quantitative estimate of drug-likeness (QED) is 0.713. The fourth-order valence-corrected chi connectivity index (χ4v) is 3.43. The molecule has 7 nitrogen and oxygen atoms in total. The van der Waals surface area contributed by atoms with E-state index in [0.29, 0.717) is 24.5 Å². The van der Waals surface area contributed by atoms with E-state index in [1.54, 1.807) is 6.07 Å². The topological polar surface area (TPSA) is 111 Å². The molecule has 1 saturated carbocycles. The number of nitrogens with one attached hydrogen (secondary N) is 2. The number of carbonyl (C=O) groups is 1. The van der Waals surface area contributed by atoms with Gasteiger partial charge in [0, 0.05) is 11.7 Å². The number of hydrogen-bond donors (Lipinski definition) is 3. The van der Waals surface area contributed by atoms with Crippen LogP contribution in [0.5, 0.6) is 5.75 Å². The number of anilines is 1. The smallest absolute Gasteiger partial charge is 0.328 e. The molecule has 1 fully saturated rings. The molecule has 1 aliphatic carbocycles. The van der Waals surface area contributed by atoms with E-state index in [0.717, 1.165) is 24.8 Å². The molecule has 2 aliphatic rings. The molecule has 1 heterocycles. The molecular weight excluding hydrogens is 294 g/mol. The molecule has 0 unspecified atom stereocenters. The van der Waals surface area contributed by atoms with E-state index < -0.39 is 16.1 Å². The molecule has 4 N–H and O–H groups in total. The number of ether oxygens (including phenoxy) is 1. The Labute approximate surface area is 122 Å². The van der Waals surface area contributed by atoms with E-state index in [-0.39, 0.29) is 10.9 Å². The van der Waals surface area contributed by atoms with Crippen molar-refractivity contribution in [2.45, 2.75) is 36.6 Å². The predicted molar refractivity (Wildman–Crippen MR) is 76.5 cm³/mol. The Balaban J connectivity index is 1.90. The minimum Gasteiger partial charge on any atom is -0.492 e. The van der Waals surface area contributed by atoms with E-state index in [2.05, 4.69) is 5.32 Å². The van der Waals surface area contributed by atoms with Crippen molar-refractivity contribution in [1.29, 1.82) is 0 Å². The summed E-state index contributed by atoms with van der Waals surface area (Å²) in [6.45, 7) is 0.452. The number of carbonyl (C=O) groups excluding carboxylic acids is 1. The van der Waals surface area contributed by atoms with Gasteiger partial charge in [0.1, 0.15) is 10.6 Å². The molecule has 114 valence electrons. The van der Waals surface area contributed by atoms with Crippen LogP contribution in [0.15, 0.2) is 17.0 Å². The molecule has 1 aromatic rings. The standard InChI is InChI=1S/C13H17N3O4S/c14-9-6-8-2-1-5-20-12(8)11(7-9)21(18,19)16-13(17)15-10-3-4-10/h6-7,10H,1-5,14H2,(H2,15,16,17). The Morgan fingerprint density at radius 3 is 2.81 bits per heavy atom. The summed E-state index contributed by atoms with van der Waals surface area (Å²) < 4.78 is 32.2. The highest BCUT2D eigenvalue weighted by Crippen LogP contribution is 2.34. The molecule has 0 saturated heterocycles. The fourth-order valence-electron chi connectivity index (χ4n) is 2.29. The van der Waals surface area contributed by atoms with Gasteiger partial charge in [-0.1, -0.05) is 0 Å². The average Bonchev–Trinajstić information content (AvgIpc) is 3.20. The largest absolute Gasteiger partial charge is 0.492 e. The van der Waals surface area contributed by atoms with E-state index in [4.69, 9.17) is 10.5 Å². The van der Waals surface area contributed by atoms with Crippen molar-refractivity contribution in [3.63, 3.8) is 0 Å². The van der Waals surface area contributed by atoms with E-state index in [1.807, 2.05) is 4.72 Å². The number of benzene rings is 1. The van der Waals surface area contributed by atoms with Crippen LogP contribution < -0.4 is 20.5 Å². The van der Waals surface area contributed by atoms with E-state index in [9.17, 15) is 13.2 Å². The summed E-state index contributed by atoms with van der Waals surface area (Å²) in [7, 11) is -4.01. The molecule has 1 aliphatic heterocycles. The minimum absolute atomic E-state index is 0.0752. The zero-order chi connectivity index (χ0) is 15.0. The molecule has 0 radical (unpaired) electrons. The maximum absolute atomic E-state index is 12.4. The van der Waals surface area contributed by atoms with Crippen LogP contribution in [0.1, 0.15) is 24.8 Å². The van der Waals surface area contributed by atoms with Crippen molar-refractivity contribution in [2.75, 3.05) is 12.3 Å². The number of nitrogen functional groups attached to an aromatic ring is 1. The van der Waals surface area contributed by atoms with Gasteiger partial charge in [-0.3, -0.25) is 0 Å². The summed E-state index contributed by atoms with van der Waals surface area (Å²) in [5.74, 6) is 0.294. The van der Waals surface area contributed by atoms with Crippen molar-refractivity contribution in [3.05, 3.63) is 17.7 Å². The Morgan fingerprint density at radius 2 is 2.10 bits per heavy atom. The number of amides is 2. The zero-order valence-corrected chi connectivity index (χ0v) is 12.2. The minimum atomic E-state index is -4.01. The van der Waals surface area contributed by atoms with Gasteiger partial charge in [0.2, 0.25) is 0 Å². The summed E-state index contributed by atoms with van der Waals surface area (Å²) in [4.78, 5) is 11.6.